The Morgan fingerprint density at radius 1 is 1.55 bits per heavy atom. The minimum Gasteiger partial charge on any atom is -0.369 e. The summed E-state index contributed by atoms with van der Waals surface area (Å²) < 4.78 is 0. The number of nitrogens with two attached hydrogens (primary N) is 2. The van der Waals surface area contributed by atoms with Crippen LogP contribution in [0.3, 0.4) is 0 Å². The molecule has 0 aliphatic heterocycles. The highest BCUT2D eigenvalue weighted by Gasteiger charge is 2.10. The van der Waals surface area contributed by atoms with Crippen molar-refractivity contribution in [1.82, 2.24) is 5.01 Å². The van der Waals surface area contributed by atoms with Crippen LogP contribution in [0.1, 0.15) is 25.7 Å². The van der Waals surface area contributed by atoms with Crippen LogP contribution in [-0.2, 0) is 0 Å². The lowest BCUT2D eigenvalue weighted by Crippen LogP contribution is -2.41. The van der Waals surface area contributed by atoms with Gasteiger partial charge >= 0.3 is 0 Å². The molecule has 1 aliphatic rings. The Bertz CT molecular complexity index is 185. The van der Waals surface area contributed by atoms with Crippen molar-refractivity contribution in [2.75, 3.05) is 0 Å². The first-order valence-corrected chi connectivity index (χ1v) is 3.79. The first-order chi connectivity index (χ1) is 5.22. The van der Waals surface area contributed by atoms with Crippen molar-refractivity contribution < 1.29 is 0 Å². The van der Waals surface area contributed by atoms with Crippen LogP contribution in [0.2, 0.25) is 0 Å². The van der Waals surface area contributed by atoms with E-state index < -0.39 is 0 Å². The second-order valence-corrected chi connectivity index (χ2v) is 2.70. The lowest BCUT2D eigenvalue weighted by molar-refractivity contribution is 0.478. The molecule has 4 heteroatoms. The van der Waals surface area contributed by atoms with E-state index in [1.54, 1.807) is 0 Å². The van der Waals surface area contributed by atoms with Gasteiger partial charge < -0.3 is 5.73 Å². The fourth-order valence-electron chi connectivity index (χ4n) is 1.19. The summed E-state index contributed by atoms with van der Waals surface area (Å²) in [5.74, 6) is 5.42. The van der Waals surface area contributed by atoms with Gasteiger partial charge in [-0.15, -0.1) is 0 Å². The average molecular weight is 154 g/mol. The molecular formula is C7H14N4. The predicted molar refractivity (Wildman–Crippen MR) is 44.5 cm³/mol. The molecule has 11 heavy (non-hydrogen) atoms. The normalized spacial score (nSPS) is 17.4. The van der Waals surface area contributed by atoms with Crippen molar-refractivity contribution in [2.24, 2.45) is 11.6 Å². The molecule has 1 rings (SSSR count). The molecule has 0 aromatic heterocycles. The third kappa shape index (κ3) is 1.94. The van der Waals surface area contributed by atoms with Gasteiger partial charge in [0, 0.05) is 5.70 Å². The zero-order valence-corrected chi connectivity index (χ0v) is 6.51. The van der Waals surface area contributed by atoms with Crippen LogP contribution in [0.4, 0.5) is 0 Å². The lowest BCUT2D eigenvalue weighted by Gasteiger charge is -2.22. The molecule has 4 nitrogen and oxygen atoms in total. The van der Waals surface area contributed by atoms with Crippen LogP contribution in [0, 0.1) is 5.41 Å². The molecule has 62 valence electrons. The molecule has 0 radical (unpaired) electrons. The Morgan fingerprint density at radius 3 is 2.73 bits per heavy atom. The lowest BCUT2D eigenvalue weighted by atomic mass is 10.0. The van der Waals surface area contributed by atoms with Crippen molar-refractivity contribution in [1.29, 1.82) is 5.41 Å². The molecule has 0 unspecified atom stereocenters. The number of nitrogens with zero attached hydrogens (tertiary/aromatic N) is 1. The van der Waals surface area contributed by atoms with E-state index >= 15 is 0 Å². The van der Waals surface area contributed by atoms with E-state index in [9.17, 15) is 0 Å². The Morgan fingerprint density at radius 2 is 2.27 bits per heavy atom. The van der Waals surface area contributed by atoms with Crippen molar-refractivity contribution in [3.63, 3.8) is 0 Å². The minimum absolute atomic E-state index is 0.0850. The van der Waals surface area contributed by atoms with E-state index in [4.69, 9.17) is 17.0 Å². The third-order valence-electron chi connectivity index (χ3n) is 1.84. The molecule has 0 spiro atoms. The van der Waals surface area contributed by atoms with Crippen molar-refractivity contribution >= 4 is 5.96 Å². The number of rotatable bonds is 1. The third-order valence-corrected chi connectivity index (χ3v) is 1.84. The highest BCUT2D eigenvalue weighted by molar-refractivity contribution is 5.75. The van der Waals surface area contributed by atoms with Gasteiger partial charge in [-0.05, 0) is 25.7 Å². The van der Waals surface area contributed by atoms with E-state index in [1.165, 1.54) is 11.4 Å². The summed E-state index contributed by atoms with van der Waals surface area (Å²) in [5.41, 5.74) is 6.19. The minimum atomic E-state index is -0.0850. The topological polar surface area (TPSA) is 79.1 Å². The van der Waals surface area contributed by atoms with Crippen molar-refractivity contribution in [2.45, 2.75) is 25.7 Å². The van der Waals surface area contributed by atoms with Crippen molar-refractivity contribution in [3.05, 3.63) is 11.8 Å². The summed E-state index contributed by atoms with van der Waals surface area (Å²) in [5, 5.41) is 8.32. The molecule has 0 atom stereocenters. The molecule has 0 heterocycles. The summed E-state index contributed by atoms with van der Waals surface area (Å²) in [6, 6.07) is 0. The van der Waals surface area contributed by atoms with Crippen molar-refractivity contribution in [3.8, 4) is 0 Å². The first kappa shape index (κ1) is 8.07. The van der Waals surface area contributed by atoms with Gasteiger partial charge in [0.05, 0.1) is 0 Å². The SMILES string of the molecule is N=C(N)N(N)C1=CCCCC1. The summed E-state index contributed by atoms with van der Waals surface area (Å²) in [6.45, 7) is 0. The van der Waals surface area contributed by atoms with E-state index in [0.717, 1.165) is 25.0 Å². The summed E-state index contributed by atoms with van der Waals surface area (Å²) in [4.78, 5) is 0. The monoisotopic (exact) mass is 154 g/mol. The van der Waals surface area contributed by atoms with Gasteiger partial charge in [0.1, 0.15) is 0 Å². The largest absolute Gasteiger partial charge is 0.369 e. The fraction of sp³-hybridized carbons (Fsp3) is 0.571. The maximum Gasteiger partial charge on any atom is 0.207 e. The van der Waals surface area contributed by atoms with Crippen LogP contribution in [0.15, 0.2) is 11.8 Å². The van der Waals surface area contributed by atoms with E-state index in [2.05, 4.69) is 0 Å². The second-order valence-electron chi connectivity index (χ2n) is 2.70. The van der Waals surface area contributed by atoms with E-state index in [0.29, 0.717) is 0 Å². The van der Waals surface area contributed by atoms with Gasteiger partial charge in [0.2, 0.25) is 5.96 Å². The molecule has 0 saturated carbocycles. The quantitative estimate of drug-likeness (QED) is 0.223. The number of allylic oxidation sites excluding steroid dienone is 2. The summed E-state index contributed by atoms with van der Waals surface area (Å²) >= 11 is 0. The van der Waals surface area contributed by atoms with Crippen LogP contribution < -0.4 is 11.6 Å². The number of hydrogen-bond acceptors (Lipinski definition) is 2. The van der Waals surface area contributed by atoms with Crippen LogP contribution in [-0.4, -0.2) is 11.0 Å². The Kier molecular flexibility index (Phi) is 2.48. The Hall–Kier alpha value is -1.03. The zero-order valence-electron chi connectivity index (χ0n) is 6.51. The molecule has 0 saturated heterocycles. The smallest absolute Gasteiger partial charge is 0.207 e. The highest BCUT2D eigenvalue weighted by atomic mass is 15.5. The van der Waals surface area contributed by atoms with Gasteiger partial charge in [-0.2, -0.15) is 0 Å². The van der Waals surface area contributed by atoms with Gasteiger partial charge in [-0.3, -0.25) is 10.4 Å². The van der Waals surface area contributed by atoms with Gasteiger partial charge in [-0.1, -0.05) is 6.08 Å². The van der Waals surface area contributed by atoms with Crippen LogP contribution in [0.25, 0.3) is 0 Å². The van der Waals surface area contributed by atoms with Gasteiger partial charge in [0.15, 0.2) is 0 Å². The molecule has 0 bridgehead atoms. The Balaban J connectivity index is 2.58. The predicted octanol–water partition coefficient (Wildman–Crippen LogP) is 0.513. The standard InChI is InChI=1S/C7H14N4/c8-7(9)11(10)6-4-2-1-3-5-6/h4H,1-3,5,10H2,(H3,8,9). The number of hydrogen-bond donors (Lipinski definition) is 3. The summed E-state index contributed by atoms with van der Waals surface area (Å²) in [6.07, 6.45) is 6.40. The maximum atomic E-state index is 7.07. The molecule has 0 amide bonds. The second kappa shape index (κ2) is 3.39. The van der Waals surface area contributed by atoms with Crippen LogP contribution in [0.5, 0.6) is 0 Å². The van der Waals surface area contributed by atoms with E-state index in [1.807, 2.05) is 6.08 Å². The average Bonchev–Trinajstić information content (AvgIpc) is 2.05. The number of nitrogens with one attached hydrogen (secondary N) is 1. The summed E-state index contributed by atoms with van der Waals surface area (Å²) in [7, 11) is 0. The number of hydrazine groups is 1. The molecule has 5 N–H and O–H groups in total. The van der Waals surface area contributed by atoms with E-state index in [-0.39, 0.29) is 5.96 Å². The Labute approximate surface area is 66.3 Å². The molecule has 0 aromatic rings. The molecule has 1 aliphatic carbocycles. The number of guanidine groups is 1. The molecule has 0 fully saturated rings. The van der Waals surface area contributed by atoms with Crippen LogP contribution >= 0.6 is 0 Å². The van der Waals surface area contributed by atoms with Gasteiger partial charge in [-0.25, -0.2) is 5.84 Å². The zero-order chi connectivity index (χ0) is 8.27. The fourth-order valence-corrected chi connectivity index (χ4v) is 1.19. The maximum absolute atomic E-state index is 7.07. The highest BCUT2D eigenvalue weighted by Crippen LogP contribution is 2.17. The van der Waals surface area contributed by atoms with Gasteiger partial charge in [0.25, 0.3) is 0 Å². The molecular weight excluding hydrogens is 140 g/mol. The molecule has 0 aromatic carbocycles. The first-order valence-electron chi connectivity index (χ1n) is 3.79.